The van der Waals surface area contributed by atoms with Crippen molar-refractivity contribution in [3.05, 3.63) is 24.5 Å². The highest BCUT2D eigenvalue weighted by atomic mass is 16.5. The summed E-state index contributed by atoms with van der Waals surface area (Å²) >= 11 is 0. The minimum absolute atomic E-state index is 0.392. The molecule has 2 unspecified atom stereocenters. The Morgan fingerprint density at radius 1 is 1.38 bits per heavy atom. The molecule has 3 aliphatic rings. The predicted molar refractivity (Wildman–Crippen MR) is 62.2 cm³/mol. The van der Waals surface area contributed by atoms with Gasteiger partial charge in [-0.1, -0.05) is 6.58 Å². The van der Waals surface area contributed by atoms with E-state index in [0.717, 1.165) is 30.2 Å². The van der Waals surface area contributed by atoms with Crippen LogP contribution in [0.1, 0.15) is 18.9 Å². The molecule has 0 saturated carbocycles. The molecule has 2 atom stereocenters. The molecule has 3 fully saturated rings. The Bertz CT molecular complexity index is 399. The molecule has 0 spiro atoms. The zero-order valence-corrected chi connectivity index (χ0v) is 9.39. The van der Waals surface area contributed by atoms with Gasteiger partial charge in [-0.05, 0) is 12.5 Å². The topological polar surface area (TPSA) is 38.2 Å². The van der Waals surface area contributed by atoms with E-state index in [9.17, 15) is 0 Å². The van der Waals surface area contributed by atoms with Crippen LogP contribution in [-0.4, -0.2) is 35.3 Å². The summed E-state index contributed by atoms with van der Waals surface area (Å²) in [5.74, 6) is 0.808. The van der Waals surface area contributed by atoms with Crippen molar-refractivity contribution in [2.24, 2.45) is 0 Å². The summed E-state index contributed by atoms with van der Waals surface area (Å²) in [6.45, 7) is 7.67. The van der Waals surface area contributed by atoms with Crippen LogP contribution in [0.5, 0.6) is 0 Å². The SMILES string of the molecule is C=C(C)c1cnc(N2CC3CC(C2)O3)nc1. The van der Waals surface area contributed by atoms with Crippen LogP contribution in [0.25, 0.3) is 5.57 Å². The average molecular weight is 217 g/mol. The predicted octanol–water partition coefficient (Wildman–Crippen LogP) is 1.49. The van der Waals surface area contributed by atoms with Crippen LogP contribution in [0.2, 0.25) is 0 Å². The van der Waals surface area contributed by atoms with Gasteiger partial charge in [0.1, 0.15) is 0 Å². The molecule has 3 saturated heterocycles. The maximum atomic E-state index is 5.58. The summed E-state index contributed by atoms with van der Waals surface area (Å²) in [7, 11) is 0. The Morgan fingerprint density at radius 2 is 1.94 bits per heavy atom. The van der Waals surface area contributed by atoms with Crippen LogP contribution in [0.15, 0.2) is 19.0 Å². The zero-order chi connectivity index (χ0) is 11.1. The fourth-order valence-corrected chi connectivity index (χ4v) is 2.22. The van der Waals surface area contributed by atoms with Gasteiger partial charge >= 0.3 is 0 Å². The van der Waals surface area contributed by atoms with E-state index in [1.165, 1.54) is 6.42 Å². The quantitative estimate of drug-likeness (QED) is 0.752. The lowest BCUT2D eigenvalue weighted by Gasteiger charge is -2.46. The fraction of sp³-hybridized carbons (Fsp3) is 0.500. The van der Waals surface area contributed by atoms with E-state index in [1.807, 2.05) is 19.3 Å². The van der Waals surface area contributed by atoms with E-state index in [2.05, 4.69) is 21.4 Å². The van der Waals surface area contributed by atoms with E-state index < -0.39 is 0 Å². The maximum absolute atomic E-state index is 5.58. The second-order valence-electron chi connectivity index (χ2n) is 4.57. The molecule has 0 radical (unpaired) electrons. The number of hydrogen-bond donors (Lipinski definition) is 0. The lowest BCUT2D eigenvalue weighted by molar-refractivity contribution is -0.133. The van der Waals surface area contributed by atoms with Crippen molar-refractivity contribution in [2.45, 2.75) is 25.6 Å². The standard InChI is InChI=1S/C12H15N3O/c1-8(2)9-4-13-12(14-5-9)15-6-10-3-11(7-15)16-10/h4-5,10-11H,1,3,6-7H2,2H3. The molecule has 2 bridgehead atoms. The largest absolute Gasteiger partial charge is 0.371 e. The number of piperidine rings is 1. The molecule has 4 heterocycles. The first-order valence-corrected chi connectivity index (χ1v) is 5.60. The number of ether oxygens (including phenoxy) is 1. The second kappa shape index (κ2) is 3.56. The smallest absolute Gasteiger partial charge is 0.225 e. The van der Waals surface area contributed by atoms with Crippen molar-refractivity contribution in [2.75, 3.05) is 18.0 Å². The van der Waals surface area contributed by atoms with Crippen LogP contribution in [0, 0.1) is 0 Å². The highest BCUT2D eigenvalue weighted by Crippen LogP contribution is 2.29. The Kier molecular flexibility index (Phi) is 2.17. The lowest BCUT2D eigenvalue weighted by Crippen LogP contribution is -2.57. The number of allylic oxidation sites excluding steroid dienone is 1. The molecule has 1 aromatic heterocycles. The fourth-order valence-electron chi connectivity index (χ4n) is 2.22. The summed E-state index contributed by atoms with van der Waals surface area (Å²) < 4.78 is 5.58. The van der Waals surface area contributed by atoms with Crippen molar-refractivity contribution >= 4 is 11.5 Å². The lowest BCUT2D eigenvalue weighted by atomic mass is 9.99. The number of hydrogen-bond acceptors (Lipinski definition) is 4. The van der Waals surface area contributed by atoms with Gasteiger partial charge in [-0.15, -0.1) is 0 Å². The third-order valence-electron chi connectivity index (χ3n) is 3.17. The molecular formula is C12H15N3O. The molecule has 1 aromatic rings. The van der Waals surface area contributed by atoms with Gasteiger partial charge in [0.2, 0.25) is 5.95 Å². The first-order chi connectivity index (χ1) is 7.72. The number of fused-ring (bicyclic) bond motifs is 2. The monoisotopic (exact) mass is 217 g/mol. The normalized spacial score (nSPS) is 27.4. The molecule has 0 aromatic carbocycles. The van der Waals surface area contributed by atoms with Gasteiger partial charge in [0.25, 0.3) is 0 Å². The summed E-state index contributed by atoms with van der Waals surface area (Å²) in [6.07, 6.45) is 5.66. The Balaban J connectivity index is 1.77. The van der Waals surface area contributed by atoms with Gasteiger partial charge in [0.15, 0.2) is 0 Å². The van der Waals surface area contributed by atoms with Gasteiger partial charge in [-0.3, -0.25) is 0 Å². The van der Waals surface area contributed by atoms with E-state index in [0.29, 0.717) is 12.2 Å². The molecule has 0 aliphatic carbocycles. The number of aromatic nitrogens is 2. The third kappa shape index (κ3) is 1.59. The third-order valence-corrected chi connectivity index (χ3v) is 3.17. The molecule has 4 heteroatoms. The number of anilines is 1. The second-order valence-corrected chi connectivity index (χ2v) is 4.57. The van der Waals surface area contributed by atoms with Crippen LogP contribution in [-0.2, 0) is 4.74 Å². The van der Waals surface area contributed by atoms with Crippen molar-refractivity contribution in [3.8, 4) is 0 Å². The Labute approximate surface area is 95.0 Å². The van der Waals surface area contributed by atoms with Crippen molar-refractivity contribution < 1.29 is 4.74 Å². The molecule has 16 heavy (non-hydrogen) atoms. The first kappa shape index (κ1) is 9.78. The maximum Gasteiger partial charge on any atom is 0.225 e. The number of morpholine rings is 1. The molecule has 3 aliphatic heterocycles. The van der Waals surface area contributed by atoms with Gasteiger partial charge in [0.05, 0.1) is 12.2 Å². The highest BCUT2D eigenvalue weighted by Gasteiger charge is 2.39. The molecule has 4 nitrogen and oxygen atoms in total. The first-order valence-electron chi connectivity index (χ1n) is 5.60. The van der Waals surface area contributed by atoms with Crippen LogP contribution < -0.4 is 4.90 Å². The summed E-state index contributed by atoms with van der Waals surface area (Å²) in [4.78, 5) is 11.0. The van der Waals surface area contributed by atoms with Gasteiger partial charge in [-0.25, -0.2) is 9.97 Å². The van der Waals surface area contributed by atoms with E-state index in [4.69, 9.17) is 4.74 Å². The van der Waals surface area contributed by atoms with Crippen LogP contribution in [0.4, 0.5) is 5.95 Å². The van der Waals surface area contributed by atoms with E-state index in [1.54, 1.807) is 0 Å². The Morgan fingerprint density at radius 3 is 2.44 bits per heavy atom. The van der Waals surface area contributed by atoms with Crippen LogP contribution in [0.3, 0.4) is 0 Å². The minimum Gasteiger partial charge on any atom is -0.371 e. The highest BCUT2D eigenvalue weighted by molar-refractivity contribution is 5.60. The average Bonchev–Trinajstić information content (AvgIpc) is 2.28. The van der Waals surface area contributed by atoms with Gasteiger partial charge in [-0.2, -0.15) is 0 Å². The van der Waals surface area contributed by atoms with Crippen LogP contribution >= 0.6 is 0 Å². The summed E-state index contributed by atoms with van der Waals surface area (Å²) in [6, 6.07) is 0. The number of nitrogens with zero attached hydrogens (tertiary/aromatic N) is 3. The number of rotatable bonds is 2. The Hall–Kier alpha value is -1.42. The molecular weight excluding hydrogens is 202 g/mol. The zero-order valence-electron chi connectivity index (χ0n) is 9.39. The van der Waals surface area contributed by atoms with Crippen molar-refractivity contribution in [3.63, 3.8) is 0 Å². The summed E-state index contributed by atoms with van der Waals surface area (Å²) in [5.41, 5.74) is 2.00. The summed E-state index contributed by atoms with van der Waals surface area (Å²) in [5, 5.41) is 0. The molecule has 0 amide bonds. The van der Waals surface area contributed by atoms with E-state index >= 15 is 0 Å². The molecule has 84 valence electrons. The van der Waals surface area contributed by atoms with Gasteiger partial charge in [0, 0.05) is 37.5 Å². The van der Waals surface area contributed by atoms with Crippen molar-refractivity contribution in [1.29, 1.82) is 0 Å². The van der Waals surface area contributed by atoms with Gasteiger partial charge < -0.3 is 9.64 Å². The van der Waals surface area contributed by atoms with Crippen molar-refractivity contribution in [1.82, 2.24) is 9.97 Å². The molecule has 0 N–H and O–H groups in total. The minimum atomic E-state index is 0.392. The van der Waals surface area contributed by atoms with E-state index in [-0.39, 0.29) is 0 Å². The molecule has 4 rings (SSSR count).